The summed E-state index contributed by atoms with van der Waals surface area (Å²) in [5, 5.41) is 12.1. The Hall–Kier alpha value is -1.66. The number of likely N-dealkylation sites (N-methyl/N-ethyl adjacent to an activating group) is 1. The third-order valence-corrected chi connectivity index (χ3v) is 3.59. The quantitative estimate of drug-likeness (QED) is 0.891. The highest BCUT2D eigenvalue weighted by atomic mass is 32.1. The largest absolute Gasteiger partial charge is 0.395 e. The van der Waals surface area contributed by atoms with Gasteiger partial charge in [0.15, 0.2) is 0 Å². The second kappa shape index (κ2) is 5.79. The van der Waals surface area contributed by atoms with E-state index >= 15 is 0 Å². The predicted octanol–water partition coefficient (Wildman–Crippen LogP) is 1.73. The highest BCUT2D eigenvalue weighted by Crippen LogP contribution is 2.27. The summed E-state index contributed by atoms with van der Waals surface area (Å²) >= 11 is 1.66. The zero-order valence-electron chi connectivity index (χ0n) is 10.4. The van der Waals surface area contributed by atoms with Crippen LogP contribution in [-0.2, 0) is 0 Å². The van der Waals surface area contributed by atoms with Crippen LogP contribution in [-0.4, -0.2) is 42.3 Å². The molecule has 2 rings (SSSR count). The van der Waals surface area contributed by atoms with Crippen molar-refractivity contribution in [3.63, 3.8) is 0 Å². The molecule has 2 heterocycles. The molecule has 0 aliphatic heterocycles. The van der Waals surface area contributed by atoms with E-state index in [-0.39, 0.29) is 6.61 Å². The number of aromatic nitrogens is 2. The van der Waals surface area contributed by atoms with Crippen LogP contribution in [0.15, 0.2) is 29.9 Å². The molecule has 5 nitrogen and oxygen atoms in total. The van der Waals surface area contributed by atoms with Crippen LogP contribution in [0.3, 0.4) is 0 Å². The van der Waals surface area contributed by atoms with Gasteiger partial charge in [0.1, 0.15) is 18.0 Å². The molecule has 0 aliphatic carbocycles. The molecule has 0 amide bonds. The van der Waals surface area contributed by atoms with Crippen LogP contribution in [0.4, 0.5) is 16.6 Å². The minimum Gasteiger partial charge on any atom is -0.395 e. The molecule has 0 spiro atoms. The highest BCUT2D eigenvalue weighted by Gasteiger charge is 2.09. The molecule has 0 aliphatic rings. The molecule has 0 atom stereocenters. The van der Waals surface area contributed by atoms with Gasteiger partial charge in [0.05, 0.1) is 11.6 Å². The van der Waals surface area contributed by atoms with Gasteiger partial charge in [-0.2, -0.15) is 0 Å². The third kappa shape index (κ3) is 2.77. The minimum absolute atomic E-state index is 0.108. The molecule has 0 saturated carbocycles. The van der Waals surface area contributed by atoms with Gasteiger partial charge in [0.25, 0.3) is 0 Å². The van der Waals surface area contributed by atoms with Gasteiger partial charge < -0.3 is 14.9 Å². The summed E-state index contributed by atoms with van der Waals surface area (Å²) in [4.78, 5) is 12.4. The predicted molar refractivity (Wildman–Crippen MR) is 74.8 cm³/mol. The second-order valence-corrected chi connectivity index (χ2v) is 4.82. The van der Waals surface area contributed by atoms with Crippen LogP contribution in [0.25, 0.3) is 0 Å². The lowest BCUT2D eigenvalue weighted by Gasteiger charge is -2.20. The van der Waals surface area contributed by atoms with Gasteiger partial charge in [0, 0.05) is 26.7 Å². The fourth-order valence-electron chi connectivity index (χ4n) is 1.57. The molecule has 18 heavy (non-hydrogen) atoms. The first kappa shape index (κ1) is 12.8. The maximum Gasteiger partial charge on any atom is 0.138 e. The lowest BCUT2D eigenvalue weighted by molar-refractivity contribution is 0.304. The van der Waals surface area contributed by atoms with Crippen molar-refractivity contribution in [1.82, 2.24) is 9.97 Å². The van der Waals surface area contributed by atoms with Gasteiger partial charge in [-0.25, -0.2) is 9.97 Å². The summed E-state index contributed by atoms with van der Waals surface area (Å²) in [5.74, 6) is 1.64. The summed E-state index contributed by atoms with van der Waals surface area (Å²) in [6.45, 7) is 0.662. The zero-order chi connectivity index (χ0) is 13.0. The molecule has 0 saturated heterocycles. The Kier molecular flexibility index (Phi) is 4.11. The normalized spacial score (nSPS) is 10.4. The Bertz CT molecular complexity index is 489. The summed E-state index contributed by atoms with van der Waals surface area (Å²) in [6.07, 6.45) is 1.54. The van der Waals surface area contributed by atoms with Crippen molar-refractivity contribution in [2.75, 3.05) is 37.0 Å². The molecule has 0 bridgehead atoms. The van der Waals surface area contributed by atoms with Crippen LogP contribution < -0.4 is 9.80 Å². The van der Waals surface area contributed by atoms with Crippen molar-refractivity contribution in [3.05, 3.63) is 29.9 Å². The van der Waals surface area contributed by atoms with Gasteiger partial charge in [-0.15, -0.1) is 11.3 Å². The fourth-order valence-corrected chi connectivity index (χ4v) is 2.27. The van der Waals surface area contributed by atoms with Gasteiger partial charge in [-0.3, -0.25) is 0 Å². The molecule has 96 valence electrons. The average Bonchev–Trinajstić information content (AvgIpc) is 2.92. The van der Waals surface area contributed by atoms with Crippen LogP contribution in [0.5, 0.6) is 0 Å². The van der Waals surface area contributed by atoms with Gasteiger partial charge in [-0.05, 0) is 17.5 Å². The molecule has 1 N–H and O–H groups in total. The SMILES string of the molecule is CN(CCO)c1cc(N(C)c2cccs2)ncn1. The van der Waals surface area contributed by atoms with E-state index in [0.29, 0.717) is 6.54 Å². The number of nitrogens with zero attached hydrogens (tertiary/aromatic N) is 4. The zero-order valence-corrected chi connectivity index (χ0v) is 11.3. The Morgan fingerprint density at radius 1 is 1.28 bits per heavy atom. The van der Waals surface area contributed by atoms with Gasteiger partial charge in [-0.1, -0.05) is 0 Å². The summed E-state index contributed by atoms with van der Waals surface area (Å²) in [5.41, 5.74) is 0. The Morgan fingerprint density at radius 2 is 2.06 bits per heavy atom. The van der Waals surface area contributed by atoms with Crippen molar-refractivity contribution >= 4 is 28.0 Å². The van der Waals surface area contributed by atoms with E-state index in [1.165, 1.54) is 0 Å². The fraction of sp³-hybridized carbons (Fsp3) is 0.333. The molecular formula is C12H16N4OS. The van der Waals surface area contributed by atoms with Crippen molar-refractivity contribution in [3.8, 4) is 0 Å². The molecule has 0 fully saturated rings. The van der Waals surface area contributed by atoms with E-state index < -0.39 is 0 Å². The standard InChI is InChI=1S/C12H16N4OS/c1-15(5-6-17)10-8-11(14-9-13-10)16(2)12-4-3-7-18-12/h3-4,7-9,17H,5-6H2,1-2H3. The number of thiophene rings is 1. The van der Waals surface area contributed by atoms with E-state index in [9.17, 15) is 0 Å². The average molecular weight is 264 g/mol. The lowest BCUT2D eigenvalue weighted by atomic mass is 10.4. The van der Waals surface area contributed by atoms with Crippen LogP contribution in [0, 0.1) is 0 Å². The minimum atomic E-state index is 0.108. The van der Waals surface area contributed by atoms with Gasteiger partial charge in [0.2, 0.25) is 0 Å². The smallest absolute Gasteiger partial charge is 0.138 e. The first-order chi connectivity index (χ1) is 8.72. The number of aliphatic hydroxyl groups is 1. The number of hydrogen-bond acceptors (Lipinski definition) is 6. The summed E-state index contributed by atoms with van der Waals surface area (Å²) in [6, 6.07) is 5.97. The van der Waals surface area contributed by atoms with Crippen molar-refractivity contribution in [2.45, 2.75) is 0 Å². The van der Waals surface area contributed by atoms with Crippen molar-refractivity contribution in [2.24, 2.45) is 0 Å². The van der Waals surface area contributed by atoms with Crippen LogP contribution >= 0.6 is 11.3 Å². The van der Waals surface area contributed by atoms with E-state index in [2.05, 4.69) is 9.97 Å². The third-order valence-electron chi connectivity index (χ3n) is 2.65. The number of aliphatic hydroxyl groups excluding tert-OH is 1. The monoisotopic (exact) mass is 264 g/mol. The van der Waals surface area contributed by atoms with Crippen molar-refractivity contribution in [1.29, 1.82) is 0 Å². The van der Waals surface area contributed by atoms with Crippen LogP contribution in [0.1, 0.15) is 0 Å². The van der Waals surface area contributed by atoms with Gasteiger partial charge >= 0.3 is 0 Å². The maximum atomic E-state index is 8.93. The summed E-state index contributed by atoms with van der Waals surface area (Å²) < 4.78 is 0. The van der Waals surface area contributed by atoms with E-state index in [1.807, 2.05) is 47.5 Å². The first-order valence-electron chi connectivity index (χ1n) is 5.63. The number of rotatable bonds is 5. The summed E-state index contributed by atoms with van der Waals surface area (Å²) in [7, 11) is 3.87. The molecular weight excluding hydrogens is 248 g/mol. The second-order valence-electron chi connectivity index (χ2n) is 3.89. The lowest BCUT2D eigenvalue weighted by Crippen LogP contribution is -2.22. The molecule has 0 radical (unpaired) electrons. The van der Waals surface area contributed by atoms with Crippen LogP contribution in [0.2, 0.25) is 0 Å². The number of anilines is 3. The Morgan fingerprint density at radius 3 is 2.72 bits per heavy atom. The van der Waals surface area contributed by atoms with Crippen molar-refractivity contribution < 1.29 is 5.11 Å². The van der Waals surface area contributed by atoms with E-state index in [1.54, 1.807) is 17.7 Å². The topological polar surface area (TPSA) is 52.5 Å². The number of hydrogen-bond donors (Lipinski definition) is 1. The van der Waals surface area contributed by atoms with E-state index in [4.69, 9.17) is 5.11 Å². The van der Waals surface area contributed by atoms with E-state index in [0.717, 1.165) is 16.6 Å². The maximum absolute atomic E-state index is 8.93. The molecule has 0 aromatic carbocycles. The Balaban J connectivity index is 2.21. The molecule has 6 heteroatoms. The molecule has 0 unspecified atom stereocenters. The molecule has 2 aromatic rings. The first-order valence-corrected chi connectivity index (χ1v) is 6.51. The molecule has 2 aromatic heterocycles. The highest BCUT2D eigenvalue weighted by molar-refractivity contribution is 7.14. The Labute approximate surface area is 110 Å².